The van der Waals surface area contributed by atoms with Crippen LogP contribution in [0.5, 0.6) is 0 Å². The normalized spacial score (nSPS) is 16.6. The van der Waals surface area contributed by atoms with Gasteiger partial charge in [0.1, 0.15) is 5.82 Å². The Hall–Kier alpha value is -2.41. The predicted octanol–water partition coefficient (Wildman–Crippen LogP) is 2.40. The fraction of sp³-hybridized carbons (Fsp3) is 0.550. The molecule has 0 saturated carbocycles. The molecule has 3 heterocycles. The van der Waals surface area contributed by atoms with E-state index < -0.39 is 0 Å². The number of aryl methyl sites for hydroxylation is 1. The first kappa shape index (κ1) is 19.4. The number of anilines is 1. The number of nitrogens with one attached hydrogen (secondary N) is 1. The zero-order valence-corrected chi connectivity index (χ0v) is 16.7. The Morgan fingerprint density at radius 2 is 2.04 bits per heavy atom. The second-order valence-electron chi connectivity index (χ2n) is 7.71. The van der Waals surface area contributed by atoms with E-state index in [4.69, 9.17) is 0 Å². The zero-order valence-electron chi connectivity index (χ0n) is 16.7. The van der Waals surface area contributed by atoms with E-state index in [1.165, 1.54) is 0 Å². The van der Waals surface area contributed by atoms with Crippen LogP contribution < -0.4 is 5.32 Å². The van der Waals surface area contributed by atoms with Crippen molar-refractivity contribution in [3.8, 4) is 0 Å². The number of likely N-dealkylation sites (N-methyl/N-ethyl adjacent to an activating group) is 1. The Bertz CT molecular complexity index is 746. The molecule has 1 aliphatic rings. The van der Waals surface area contributed by atoms with E-state index in [1.54, 1.807) is 6.20 Å². The molecule has 3 rings (SSSR count). The molecule has 1 amide bonds. The van der Waals surface area contributed by atoms with Gasteiger partial charge in [-0.3, -0.25) is 9.48 Å². The number of piperidine rings is 1. The van der Waals surface area contributed by atoms with E-state index in [1.807, 2.05) is 55.3 Å². The number of nitrogens with zero attached hydrogens (tertiary/aromatic N) is 5. The van der Waals surface area contributed by atoms with Crippen LogP contribution >= 0.6 is 0 Å². The average Bonchev–Trinajstić information content (AvgIpc) is 3.08. The standard InChI is InChI=1S/C20H30N6O/c1-15-7-9-26(10-8-15)20(27)16-5-6-19(21-11-16)22-13-18(24(2)3)17-12-23-25(4)14-17/h5-6,11-12,14-15,18H,7-10,13H2,1-4H3,(H,21,22). The Morgan fingerprint density at radius 1 is 1.30 bits per heavy atom. The predicted molar refractivity (Wildman–Crippen MR) is 107 cm³/mol. The largest absolute Gasteiger partial charge is 0.368 e. The van der Waals surface area contributed by atoms with Crippen LogP contribution in [0.1, 0.15) is 41.7 Å². The topological polar surface area (TPSA) is 66.3 Å². The van der Waals surface area contributed by atoms with Crippen molar-refractivity contribution >= 4 is 11.7 Å². The second-order valence-corrected chi connectivity index (χ2v) is 7.71. The molecule has 1 unspecified atom stereocenters. The number of carbonyl (C=O) groups excluding carboxylic acids is 1. The summed E-state index contributed by atoms with van der Waals surface area (Å²) in [6.07, 6.45) is 7.76. The summed E-state index contributed by atoms with van der Waals surface area (Å²) in [6.45, 7) is 4.64. The minimum atomic E-state index is 0.0856. The summed E-state index contributed by atoms with van der Waals surface area (Å²) in [5.74, 6) is 1.57. The van der Waals surface area contributed by atoms with Crippen molar-refractivity contribution in [3.63, 3.8) is 0 Å². The van der Waals surface area contributed by atoms with Gasteiger partial charge in [-0.2, -0.15) is 5.10 Å². The lowest BCUT2D eigenvalue weighted by Crippen LogP contribution is -2.37. The molecule has 7 nitrogen and oxygen atoms in total. The number of hydrogen-bond acceptors (Lipinski definition) is 5. The van der Waals surface area contributed by atoms with Gasteiger partial charge in [0.2, 0.25) is 0 Å². The molecule has 1 fully saturated rings. The van der Waals surface area contributed by atoms with Gasteiger partial charge in [0.15, 0.2) is 0 Å². The molecule has 0 spiro atoms. The highest BCUT2D eigenvalue weighted by Gasteiger charge is 2.21. The molecule has 0 aromatic carbocycles. The van der Waals surface area contributed by atoms with Crippen molar-refractivity contribution in [1.82, 2.24) is 24.6 Å². The lowest BCUT2D eigenvalue weighted by Gasteiger charge is -2.30. The Morgan fingerprint density at radius 3 is 2.59 bits per heavy atom. The van der Waals surface area contributed by atoms with Crippen molar-refractivity contribution in [3.05, 3.63) is 41.9 Å². The van der Waals surface area contributed by atoms with E-state index in [2.05, 4.69) is 27.2 Å². The van der Waals surface area contributed by atoms with Crippen molar-refractivity contribution in [2.24, 2.45) is 13.0 Å². The van der Waals surface area contributed by atoms with E-state index >= 15 is 0 Å². The third-order valence-corrected chi connectivity index (χ3v) is 5.29. The minimum Gasteiger partial charge on any atom is -0.368 e. The maximum Gasteiger partial charge on any atom is 0.255 e. The number of amides is 1. The second kappa shape index (κ2) is 8.52. The average molecular weight is 371 g/mol. The van der Waals surface area contributed by atoms with E-state index in [0.717, 1.165) is 37.3 Å². The van der Waals surface area contributed by atoms with Crippen molar-refractivity contribution in [2.75, 3.05) is 39.0 Å². The van der Waals surface area contributed by atoms with Crippen molar-refractivity contribution in [1.29, 1.82) is 0 Å². The van der Waals surface area contributed by atoms with Crippen LogP contribution in [-0.2, 0) is 7.05 Å². The van der Waals surface area contributed by atoms with Crippen LogP contribution in [0.3, 0.4) is 0 Å². The first-order valence-electron chi connectivity index (χ1n) is 9.58. The minimum absolute atomic E-state index is 0.0856. The number of carbonyl (C=O) groups is 1. The van der Waals surface area contributed by atoms with Crippen LogP contribution in [-0.4, -0.2) is 64.2 Å². The van der Waals surface area contributed by atoms with Crippen LogP contribution in [0.25, 0.3) is 0 Å². The number of aromatic nitrogens is 3. The summed E-state index contributed by atoms with van der Waals surface area (Å²) in [7, 11) is 6.02. The third-order valence-electron chi connectivity index (χ3n) is 5.29. The van der Waals surface area contributed by atoms with Crippen molar-refractivity contribution in [2.45, 2.75) is 25.8 Å². The SMILES string of the molecule is CC1CCN(C(=O)c2ccc(NCC(c3cnn(C)c3)N(C)C)nc2)CC1. The van der Waals surface area contributed by atoms with E-state index in [9.17, 15) is 4.79 Å². The molecule has 2 aromatic heterocycles. The van der Waals surface area contributed by atoms with E-state index in [-0.39, 0.29) is 11.9 Å². The smallest absolute Gasteiger partial charge is 0.255 e. The summed E-state index contributed by atoms with van der Waals surface area (Å²) >= 11 is 0. The molecule has 0 radical (unpaired) electrons. The number of pyridine rings is 1. The third kappa shape index (κ3) is 4.86. The lowest BCUT2D eigenvalue weighted by molar-refractivity contribution is 0.0697. The molecule has 1 atom stereocenters. The molecule has 0 bridgehead atoms. The molecule has 2 aromatic rings. The Labute approximate surface area is 161 Å². The summed E-state index contributed by atoms with van der Waals surface area (Å²) in [5, 5.41) is 7.63. The van der Waals surface area contributed by atoms with Crippen molar-refractivity contribution < 1.29 is 4.79 Å². The van der Waals surface area contributed by atoms with Gasteiger partial charge >= 0.3 is 0 Å². The zero-order chi connectivity index (χ0) is 19.4. The van der Waals surface area contributed by atoms with Gasteiger partial charge in [-0.15, -0.1) is 0 Å². The number of rotatable bonds is 6. The van der Waals surface area contributed by atoms with Gasteiger partial charge in [0, 0.05) is 44.6 Å². The summed E-state index contributed by atoms with van der Waals surface area (Å²) in [4.78, 5) is 21.1. The van der Waals surface area contributed by atoms with Gasteiger partial charge in [-0.1, -0.05) is 6.92 Å². The van der Waals surface area contributed by atoms with Gasteiger partial charge in [0.05, 0.1) is 17.8 Å². The highest BCUT2D eigenvalue weighted by atomic mass is 16.2. The monoisotopic (exact) mass is 370 g/mol. The Balaban J connectivity index is 1.59. The highest BCUT2D eigenvalue weighted by Crippen LogP contribution is 2.20. The molecule has 0 aliphatic carbocycles. The number of likely N-dealkylation sites (tertiary alicyclic amines) is 1. The number of hydrogen-bond donors (Lipinski definition) is 1. The van der Waals surface area contributed by atoms with Gasteiger partial charge in [-0.05, 0) is 45.0 Å². The summed E-state index contributed by atoms with van der Waals surface area (Å²) in [6, 6.07) is 3.94. The molecule has 1 aliphatic heterocycles. The molecular weight excluding hydrogens is 340 g/mol. The molecule has 146 valence electrons. The van der Waals surface area contributed by atoms with Gasteiger partial charge in [-0.25, -0.2) is 4.98 Å². The maximum atomic E-state index is 12.6. The van der Waals surface area contributed by atoms with Gasteiger partial charge < -0.3 is 15.1 Å². The van der Waals surface area contributed by atoms with Crippen LogP contribution in [0.2, 0.25) is 0 Å². The fourth-order valence-corrected chi connectivity index (χ4v) is 3.43. The molecule has 7 heteroatoms. The molecule has 27 heavy (non-hydrogen) atoms. The van der Waals surface area contributed by atoms with E-state index in [0.29, 0.717) is 18.0 Å². The highest BCUT2D eigenvalue weighted by molar-refractivity contribution is 5.94. The first-order valence-corrected chi connectivity index (χ1v) is 9.58. The van der Waals surface area contributed by atoms with Crippen LogP contribution in [0.4, 0.5) is 5.82 Å². The summed E-state index contributed by atoms with van der Waals surface area (Å²) in [5.41, 5.74) is 1.81. The first-order chi connectivity index (χ1) is 12.9. The van der Waals surface area contributed by atoms with Crippen LogP contribution in [0.15, 0.2) is 30.7 Å². The lowest BCUT2D eigenvalue weighted by atomic mass is 9.99. The quantitative estimate of drug-likeness (QED) is 0.846. The summed E-state index contributed by atoms with van der Waals surface area (Å²) < 4.78 is 1.81. The molecular formula is C20H30N6O. The molecule has 1 saturated heterocycles. The Kier molecular flexibility index (Phi) is 6.11. The fourth-order valence-electron chi connectivity index (χ4n) is 3.43. The molecule has 1 N–H and O–H groups in total. The maximum absolute atomic E-state index is 12.6. The van der Waals surface area contributed by atoms with Gasteiger partial charge in [0.25, 0.3) is 5.91 Å². The van der Waals surface area contributed by atoms with Crippen LogP contribution in [0, 0.1) is 5.92 Å².